The fourth-order valence-corrected chi connectivity index (χ4v) is 0.323. The van der Waals surface area contributed by atoms with E-state index in [9.17, 15) is 0 Å². The van der Waals surface area contributed by atoms with Gasteiger partial charge in [-0.25, -0.2) is 0 Å². The molecule has 0 fully saturated rings. The standard InChI is InChI=1S/C3H6N2.2CH5N.H2O4S/c1-2-5-3-4-1;2*1-2;1-5(2,3)4/h3H,1-2H2,(H,4,5);2*2H2,1H3;(H2,1,2,3,4). The Morgan fingerprint density at radius 2 is 1.64 bits per heavy atom. The molecule has 0 saturated heterocycles. The number of nitrogens with zero attached hydrogens (tertiary/aromatic N) is 1. The molecular weight excluding hydrogens is 212 g/mol. The fraction of sp³-hybridized carbons (Fsp3) is 0.800. The first-order valence-electron chi connectivity index (χ1n) is 3.57. The summed E-state index contributed by atoms with van der Waals surface area (Å²) in [7, 11) is -1.67. The molecule has 8 nitrogen and oxygen atoms in total. The van der Waals surface area contributed by atoms with Crippen molar-refractivity contribution in [1.82, 2.24) is 5.32 Å². The van der Waals surface area contributed by atoms with E-state index in [1.54, 1.807) is 6.34 Å². The molecule has 0 saturated carbocycles. The average molecular weight is 230 g/mol. The van der Waals surface area contributed by atoms with Crippen LogP contribution in [0.1, 0.15) is 0 Å². The van der Waals surface area contributed by atoms with Crippen LogP contribution in [-0.2, 0) is 10.4 Å². The Labute approximate surface area is 84.0 Å². The van der Waals surface area contributed by atoms with Gasteiger partial charge in [0.05, 0.1) is 12.9 Å². The summed E-state index contributed by atoms with van der Waals surface area (Å²) < 4.78 is 31.6. The summed E-state index contributed by atoms with van der Waals surface area (Å²) in [6, 6.07) is 0. The van der Waals surface area contributed by atoms with Crippen LogP contribution in [0.2, 0.25) is 0 Å². The summed E-state index contributed by atoms with van der Waals surface area (Å²) >= 11 is 0. The second-order valence-electron chi connectivity index (χ2n) is 1.44. The number of nitrogens with one attached hydrogen (secondary N) is 1. The molecule has 0 unspecified atom stereocenters. The number of hydrogen-bond acceptors (Lipinski definition) is 6. The normalized spacial score (nSPS) is 11.9. The molecular formula is C5H18N4O4S. The molecule has 1 rings (SSSR count). The Hall–Kier alpha value is -0.740. The predicted molar refractivity (Wildman–Crippen MR) is 55.8 cm³/mol. The van der Waals surface area contributed by atoms with E-state index in [1.165, 1.54) is 14.1 Å². The van der Waals surface area contributed by atoms with Crippen LogP contribution in [-0.4, -0.2) is 51.0 Å². The monoisotopic (exact) mass is 230 g/mol. The van der Waals surface area contributed by atoms with Gasteiger partial charge < -0.3 is 16.8 Å². The van der Waals surface area contributed by atoms with Crippen LogP contribution in [0.25, 0.3) is 0 Å². The van der Waals surface area contributed by atoms with Crippen molar-refractivity contribution in [3.8, 4) is 0 Å². The van der Waals surface area contributed by atoms with Gasteiger partial charge in [0.25, 0.3) is 0 Å². The van der Waals surface area contributed by atoms with Gasteiger partial charge in [-0.05, 0) is 14.1 Å². The molecule has 88 valence electrons. The molecule has 0 aromatic heterocycles. The maximum atomic E-state index is 8.74. The number of aliphatic imine (C=N–C) groups is 1. The molecule has 0 radical (unpaired) electrons. The largest absolute Gasteiger partial charge is 0.394 e. The lowest BCUT2D eigenvalue weighted by molar-refractivity contribution is 0.381. The Balaban J connectivity index is -0.000000128. The summed E-state index contributed by atoms with van der Waals surface area (Å²) in [6.07, 6.45) is 1.74. The van der Waals surface area contributed by atoms with E-state index in [1.807, 2.05) is 0 Å². The summed E-state index contributed by atoms with van der Waals surface area (Å²) in [6.45, 7) is 1.99. The van der Waals surface area contributed by atoms with Crippen LogP contribution >= 0.6 is 0 Å². The van der Waals surface area contributed by atoms with E-state index in [0.717, 1.165) is 13.1 Å². The Morgan fingerprint density at radius 3 is 1.71 bits per heavy atom. The number of hydrogen-bond donors (Lipinski definition) is 5. The molecule has 1 heterocycles. The highest BCUT2D eigenvalue weighted by Gasteiger charge is 1.84. The van der Waals surface area contributed by atoms with E-state index in [2.05, 4.69) is 21.8 Å². The molecule has 0 bridgehead atoms. The highest BCUT2D eigenvalue weighted by molar-refractivity contribution is 7.79. The van der Waals surface area contributed by atoms with E-state index in [0.29, 0.717) is 0 Å². The van der Waals surface area contributed by atoms with Gasteiger partial charge >= 0.3 is 10.4 Å². The first-order valence-corrected chi connectivity index (χ1v) is 4.97. The van der Waals surface area contributed by atoms with Gasteiger partial charge in [-0.15, -0.1) is 0 Å². The lowest BCUT2D eigenvalue weighted by atomic mass is 10.7. The van der Waals surface area contributed by atoms with Gasteiger partial charge in [0.15, 0.2) is 0 Å². The zero-order valence-corrected chi connectivity index (χ0v) is 9.03. The highest BCUT2D eigenvalue weighted by Crippen LogP contribution is 1.68. The van der Waals surface area contributed by atoms with Gasteiger partial charge in [0, 0.05) is 6.54 Å². The van der Waals surface area contributed by atoms with Crippen molar-refractivity contribution >= 4 is 16.7 Å². The summed E-state index contributed by atoms with van der Waals surface area (Å²) in [5.74, 6) is 0. The fourth-order valence-electron chi connectivity index (χ4n) is 0.323. The van der Waals surface area contributed by atoms with Crippen LogP contribution in [0.5, 0.6) is 0 Å². The summed E-state index contributed by atoms with van der Waals surface area (Å²) in [4.78, 5) is 3.85. The van der Waals surface area contributed by atoms with E-state index in [4.69, 9.17) is 17.5 Å². The van der Waals surface area contributed by atoms with E-state index in [-0.39, 0.29) is 0 Å². The maximum Gasteiger partial charge on any atom is 0.394 e. The van der Waals surface area contributed by atoms with Crippen LogP contribution in [0.3, 0.4) is 0 Å². The van der Waals surface area contributed by atoms with Gasteiger partial charge in [-0.3, -0.25) is 14.1 Å². The Morgan fingerprint density at radius 1 is 1.29 bits per heavy atom. The molecule has 0 aromatic rings. The first-order chi connectivity index (χ1) is 6.50. The van der Waals surface area contributed by atoms with E-state index >= 15 is 0 Å². The quantitative estimate of drug-likeness (QED) is 0.305. The third kappa shape index (κ3) is 65.3. The molecule has 1 aliphatic rings. The zero-order valence-electron chi connectivity index (χ0n) is 8.21. The van der Waals surface area contributed by atoms with Crippen molar-refractivity contribution in [1.29, 1.82) is 0 Å². The lowest BCUT2D eigenvalue weighted by Crippen LogP contribution is -2.04. The molecule has 0 spiro atoms. The van der Waals surface area contributed by atoms with Crippen molar-refractivity contribution < 1.29 is 17.5 Å². The van der Waals surface area contributed by atoms with Gasteiger partial charge in [0.1, 0.15) is 0 Å². The Kier molecular flexibility index (Phi) is 20.0. The minimum atomic E-state index is -4.67. The minimum absolute atomic E-state index is 0.958. The van der Waals surface area contributed by atoms with Crippen molar-refractivity contribution in [2.45, 2.75) is 0 Å². The van der Waals surface area contributed by atoms with Gasteiger partial charge in [-0.1, -0.05) is 0 Å². The second-order valence-corrected chi connectivity index (χ2v) is 2.33. The van der Waals surface area contributed by atoms with Crippen LogP contribution in [0, 0.1) is 0 Å². The molecule has 1 aliphatic heterocycles. The zero-order chi connectivity index (χ0) is 12.0. The summed E-state index contributed by atoms with van der Waals surface area (Å²) in [5.41, 5.74) is 9.00. The lowest BCUT2D eigenvalue weighted by Gasteiger charge is -1.75. The first kappa shape index (κ1) is 18.9. The molecule has 0 atom stereocenters. The van der Waals surface area contributed by atoms with Gasteiger partial charge in [-0.2, -0.15) is 8.42 Å². The Bertz CT molecular complexity index is 190. The third-order valence-corrected chi connectivity index (χ3v) is 0.568. The minimum Gasteiger partial charge on any atom is -0.375 e. The number of nitrogens with two attached hydrogens (primary N) is 2. The number of rotatable bonds is 0. The topological polar surface area (TPSA) is 151 Å². The van der Waals surface area contributed by atoms with Crippen molar-refractivity contribution in [2.24, 2.45) is 16.5 Å². The predicted octanol–water partition coefficient (Wildman–Crippen LogP) is -1.89. The molecule has 9 heteroatoms. The molecule has 0 aliphatic carbocycles. The summed E-state index contributed by atoms with van der Waals surface area (Å²) in [5, 5.41) is 2.93. The van der Waals surface area contributed by atoms with Crippen LogP contribution < -0.4 is 16.8 Å². The average Bonchev–Trinajstić information content (AvgIpc) is 2.64. The van der Waals surface area contributed by atoms with Crippen LogP contribution in [0.4, 0.5) is 0 Å². The van der Waals surface area contributed by atoms with Crippen molar-refractivity contribution in [3.05, 3.63) is 0 Å². The highest BCUT2D eigenvalue weighted by atomic mass is 32.3. The molecule has 0 aromatic carbocycles. The molecule has 7 N–H and O–H groups in total. The van der Waals surface area contributed by atoms with Crippen LogP contribution in [0.15, 0.2) is 4.99 Å². The maximum absolute atomic E-state index is 8.74. The SMILES string of the molecule is C1=NCCN1.CN.CN.O=S(=O)(O)O. The smallest absolute Gasteiger partial charge is 0.375 e. The third-order valence-electron chi connectivity index (χ3n) is 0.568. The molecule has 14 heavy (non-hydrogen) atoms. The van der Waals surface area contributed by atoms with Crippen molar-refractivity contribution in [2.75, 3.05) is 27.2 Å². The molecule has 0 amide bonds. The van der Waals surface area contributed by atoms with Gasteiger partial charge in [0.2, 0.25) is 0 Å². The van der Waals surface area contributed by atoms with Crippen molar-refractivity contribution in [3.63, 3.8) is 0 Å². The van der Waals surface area contributed by atoms with E-state index < -0.39 is 10.4 Å². The second kappa shape index (κ2) is 14.8.